The van der Waals surface area contributed by atoms with Crippen LogP contribution in [0.2, 0.25) is 5.04 Å². The third-order valence-corrected chi connectivity index (χ3v) is 12.7. The maximum Gasteiger partial charge on any atom is 0.261 e. The molecule has 0 fully saturated rings. The van der Waals surface area contributed by atoms with Gasteiger partial charge in [-0.05, 0) is 27.9 Å². The van der Waals surface area contributed by atoms with Crippen molar-refractivity contribution in [1.29, 1.82) is 0 Å². The molecule has 1 N–H and O–H groups in total. The van der Waals surface area contributed by atoms with Crippen molar-refractivity contribution in [2.45, 2.75) is 72.3 Å². The van der Waals surface area contributed by atoms with Gasteiger partial charge in [0.25, 0.3) is 8.32 Å². The molecule has 0 unspecified atom stereocenters. The number of aliphatic hydroxyl groups is 1. The number of hydrogen-bond donors (Lipinski definition) is 1. The van der Waals surface area contributed by atoms with Gasteiger partial charge in [-0.1, -0.05) is 133 Å². The second-order valence-corrected chi connectivity index (χ2v) is 16.2. The molecule has 0 saturated carbocycles. The van der Waals surface area contributed by atoms with E-state index in [9.17, 15) is 9.90 Å². The molecule has 0 spiro atoms. The fourth-order valence-corrected chi connectivity index (χ4v) is 10.1. The van der Waals surface area contributed by atoms with Gasteiger partial charge in [-0.3, -0.25) is 4.79 Å². The molecule has 0 heterocycles. The highest BCUT2D eigenvalue weighted by Gasteiger charge is 2.53. The maximum atomic E-state index is 13.6. The Labute approximate surface area is 230 Å². The molecule has 3 rings (SSSR count). The van der Waals surface area contributed by atoms with Crippen molar-refractivity contribution >= 4 is 24.5 Å². The predicted molar refractivity (Wildman–Crippen MR) is 158 cm³/mol. The van der Waals surface area contributed by atoms with Crippen LogP contribution in [-0.4, -0.2) is 38.0 Å². The van der Waals surface area contributed by atoms with Crippen molar-refractivity contribution in [3.8, 4) is 0 Å². The summed E-state index contributed by atoms with van der Waals surface area (Å²) in [5.74, 6) is -0.389. The molecule has 0 radical (unpaired) electrons. The Morgan fingerprint density at radius 2 is 1.24 bits per heavy atom. The van der Waals surface area contributed by atoms with Crippen LogP contribution in [0.25, 0.3) is 0 Å². The quantitative estimate of drug-likeness (QED) is 0.301. The number of benzene rings is 3. The molecule has 0 aliphatic carbocycles. The topological polar surface area (TPSA) is 55.8 Å². The number of carbonyl (C=O) groups is 1. The van der Waals surface area contributed by atoms with Gasteiger partial charge in [0.05, 0.1) is 30.8 Å². The number of carbonyl (C=O) groups excluding carboxylic acids is 1. The van der Waals surface area contributed by atoms with Gasteiger partial charge in [0.1, 0.15) is 5.78 Å². The third kappa shape index (κ3) is 6.52. The first-order chi connectivity index (χ1) is 17.9. The molecular weight excluding hydrogens is 488 g/mol. The zero-order valence-electron chi connectivity index (χ0n) is 24.0. The lowest BCUT2D eigenvalue weighted by Gasteiger charge is -2.46. The second kappa shape index (κ2) is 12.5. The molecule has 0 aromatic heterocycles. The highest BCUT2D eigenvalue weighted by molar-refractivity contribution is 6.99. The summed E-state index contributed by atoms with van der Waals surface area (Å²) in [5.41, 5.74) is 0.0548. The van der Waals surface area contributed by atoms with E-state index in [4.69, 9.17) is 9.16 Å². The van der Waals surface area contributed by atoms with E-state index in [0.29, 0.717) is 13.2 Å². The van der Waals surface area contributed by atoms with Gasteiger partial charge >= 0.3 is 0 Å². The summed E-state index contributed by atoms with van der Waals surface area (Å²) in [4.78, 5) is 13.6. The Kier molecular flexibility index (Phi) is 9.88. The third-order valence-electron chi connectivity index (χ3n) is 7.53. The first-order valence-electron chi connectivity index (χ1n) is 13.5. The van der Waals surface area contributed by atoms with E-state index < -0.39 is 25.9 Å². The van der Waals surface area contributed by atoms with E-state index in [2.05, 4.69) is 45.0 Å². The van der Waals surface area contributed by atoms with Gasteiger partial charge in [-0.2, -0.15) is 0 Å². The van der Waals surface area contributed by atoms with Crippen LogP contribution in [0.4, 0.5) is 0 Å². The molecule has 0 aliphatic rings. The largest absolute Gasteiger partial charge is 0.402 e. The Morgan fingerprint density at radius 1 is 0.789 bits per heavy atom. The SMILES string of the molecule is C[C@@H](COCc1ccccc1)C(=O)C(C)(C)[C@@H](O)[C@@H](C)O[Si](c1ccccc1)(c1ccccc1)C(C)(C)C. The van der Waals surface area contributed by atoms with Crippen LogP contribution in [0, 0.1) is 11.3 Å². The number of aliphatic hydroxyl groups excluding tert-OH is 1. The predicted octanol–water partition coefficient (Wildman–Crippen LogP) is 5.76. The van der Waals surface area contributed by atoms with Gasteiger partial charge in [-0.25, -0.2) is 0 Å². The van der Waals surface area contributed by atoms with Crippen LogP contribution in [0.15, 0.2) is 91.0 Å². The van der Waals surface area contributed by atoms with Crippen LogP contribution in [0.1, 0.15) is 54.0 Å². The van der Waals surface area contributed by atoms with Crippen molar-refractivity contribution in [3.63, 3.8) is 0 Å². The highest BCUT2D eigenvalue weighted by atomic mass is 28.4. The molecule has 204 valence electrons. The first kappa shape index (κ1) is 30.0. The van der Waals surface area contributed by atoms with Crippen LogP contribution >= 0.6 is 0 Å². The lowest BCUT2D eigenvalue weighted by Crippen LogP contribution is -2.68. The molecule has 3 aromatic rings. The average molecular weight is 533 g/mol. The van der Waals surface area contributed by atoms with Crippen LogP contribution in [0.3, 0.4) is 0 Å². The normalized spacial score (nSPS) is 15.1. The number of hydrogen-bond acceptors (Lipinski definition) is 4. The minimum absolute atomic E-state index is 0.0315. The molecule has 0 bridgehead atoms. The minimum Gasteiger partial charge on any atom is -0.402 e. The monoisotopic (exact) mass is 532 g/mol. The lowest BCUT2D eigenvalue weighted by atomic mass is 9.76. The van der Waals surface area contributed by atoms with Gasteiger partial charge in [-0.15, -0.1) is 0 Å². The van der Waals surface area contributed by atoms with Crippen molar-refractivity contribution in [2.24, 2.45) is 11.3 Å². The average Bonchev–Trinajstić information content (AvgIpc) is 2.91. The molecule has 3 atom stereocenters. The fourth-order valence-electron chi connectivity index (χ4n) is 5.41. The first-order valence-corrected chi connectivity index (χ1v) is 15.4. The van der Waals surface area contributed by atoms with E-state index in [1.54, 1.807) is 0 Å². The number of ketones is 1. The Morgan fingerprint density at radius 3 is 1.68 bits per heavy atom. The second-order valence-electron chi connectivity index (χ2n) is 11.9. The molecule has 4 nitrogen and oxygen atoms in total. The Balaban J connectivity index is 1.83. The highest BCUT2D eigenvalue weighted by Crippen LogP contribution is 2.39. The van der Waals surface area contributed by atoms with Crippen molar-refractivity contribution in [2.75, 3.05) is 6.61 Å². The van der Waals surface area contributed by atoms with E-state index >= 15 is 0 Å². The van der Waals surface area contributed by atoms with Crippen molar-refractivity contribution in [3.05, 3.63) is 96.6 Å². The van der Waals surface area contributed by atoms with E-state index in [1.807, 2.05) is 94.4 Å². The summed E-state index contributed by atoms with van der Waals surface area (Å²) in [6.45, 7) is 14.8. The summed E-state index contributed by atoms with van der Waals surface area (Å²) < 4.78 is 12.9. The molecule has 0 amide bonds. The summed E-state index contributed by atoms with van der Waals surface area (Å²) in [6.07, 6.45) is -1.56. The van der Waals surface area contributed by atoms with Crippen LogP contribution in [-0.2, 0) is 20.6 Å². The molecule has 0 aliphatic heterocycles. The zero-order chi connectivity index (χ0) is 28.0. The summed E-state index contributed by atoms with van der Waals surface area (Å²) in [7, 11) is -2.87. The molecule has 0 saturated heterocycles. The van der Waals surface area contributed by atoms with Gasteiger partial charge in [0, 0.05) is 5.92 Å². The number of rotatable bonds is 12. The summed E-state index contributed by atoms with van der Waals surface area (Å²) in [5, 5.41) is 13.7. The zero-order valence-corrected chi connectivity index (χ0v) is 25.0. The lowest BCUT2D eigenvalue weighted by molar-refractivity contribution is -0.143. The maximum absolute atomic E-state index is 13.6. The molecular formula is C33H44O4Si. The van der Waals surface area contributed by atoms with E-state index in [0.717, 1.165) is 15.9 Å². The Hall–Kier alpha value is -2.57. The van der Waals surface area contributed by atoms with E-state index in [1.165, 1.54) is 0 Å². The standard InChI is InChI=1S/C33H44O4Si/c1-25(23-36-24-27-17-11-8-12-18-27)30(34)33(6,7)31(35)26(2)37-38(32(3,4)5,28-19-13-9-14-20-28)29-21-15-10-16-22-29/h8-22,25-26,31,35H,23-24H2,1-7H3/t25-,26+,31-/m0/s1. The van der Waals surface area contributed by atoms with Gasteiger partial charge < -0.3 is 14.3 Å². The number of Topliss-reactive ketones (excluding diaryl/α,β-unsaturated/α-hetero) is 1. The van der Waals surface area contributed by atoms with Crippen molar-refractivity contribution in [1.82, 2.24) is 0 Å². The van der Waals surface area contributed by atoms with Crippen LogP contribution in [0.5, 0.6) is 0 Å². The minimum atomic E-state index is -2.87. The molecule has 5 heteroatoms. The van der Waals surface area contributed by atoms with Crippen LogP contribution < -0.4 is 10.4 Å². The Bertz CT molecular complexity index is 1100. The summed E-state index contributed by atoms with van der Waals surface area (Å²) >= 11 is 0. The van der Waals surface area contributed by atoms with E-state index in [-0.39, 0.29) is 16.7 Å². The molecule has 3 aromatic carbocycles. The summed E-state index contributed by atoms with van der Waals surface area (Å²) in [6, 6.07) is 30.6. The molecule has 38 heavy (non-hydrogen) atoms. The van der Waals surface area contributed by atoms with Gasteiger partial charge in [0.2, 0.25) is 0 Å². The fraction of sp³-hybridized carbons (Fsp3) is 0.424. The van der Waals surface area contributed by atoms with Gasteiger partial charge in [0.15, 0.2) is 0 Å². The number of ether oxygens (including phenoxy) is 1. The smallest absolute Gasteiger partial charge is 0.261 e. The van der Waals surface area contributed by atoms with Crippen molar-refractivity contribution < 1.29 is 19.1 Å².